The Labute approximate surface area is 80.7 Å². The second-order valence-electron chi connectivity index (χ2n) is 2.82. The summed E-state index contributed by atoms with van der Waals surface area (Å²) in [6.45, 7) is 0. The Kier molecular flexibility index (Phi) is 5.54. The zero-order valence-electron chi connectivity index (χ0n) is 7.82. The average molecular weight is 171 g/mol. The van der Waals surface area contributed by atoms with Crippen LogP contribution in [0.4, 0.5) is 0 Å². The van der Waals surface area contributed by atoms with E-state index in [0.29, 0.717) is 0 Å². The molecule has 0 fully saturated rings. The highest BCUT2D eigenvalue weighted by atomic mass is 13.8. The maximum absolute atomic E-state index is 3.17. The van der Waals surface area contributed by atoms with Gasteiger partial charge in [0.1, 0.15) is 0 Å². The van der Waals surface area contributed by atoms with E-state index >= 15 is 0 Å². The van der Waals surface area contributed by atoms with Gasteiger partial charge in [0, 0.05) is 0 Å². The first-order valence-corrected chi connectivity index (χ1v) is 4.70. The van der Waals surface area contributed by atoms with Crippen LogP contribution in [0.2, 0.25) is 0 Å². The third kappa shape index (κ3) is 5.92. The first-order chi connectivity index (χ1) is 6.50. The van der Waals surface area contributed by atoms with Gasteiger partial charge < -0.3 is 0 Å². The van der Waals surface area contributed by atoms with Crippen molar-refractivity contribution in [3.63, 3.8) is 0 Å². The molecule has 0 N–H and O–H groups in total. The molecule has 0 atom stereocenters. The van der Waals surface area contributed by atoms with Crippen LogP contribution in [0.15, 0.2) is 54.7 Å². The smallest absolute Gasteiger partial charge is 0.00946 e. The van der Waals surface area contributed by atoms with Gasteiger partial charge in [-0.1, -0.05) is 54.7 Å². The summed E-state index contributed by atoms with van der Waals surface area (Å²) in [5, 5.41) is 0. The highest BCUT2D eigenvalue weighted by Gasteiger charge is 1.76. The molecule has 0 aromatic heterocycles. The third-order valence-electron chi connectivity index (χ3n) is 1.70. The summed E-state index contributed by atoms with van der Waals surface area (Å²) < 4.78 is 0. The molecule has 0 saturated heterocycles. The molecule has 0 heterocycles. The van der Waals surface area contributed by atoms with Crippen LogP contribution >= 0.6 is 0 Å². The summed E-state index contributed by atoms with van der Waals surface area (Å²) in [4.78, 5) is 0. The van der Waals surface area contributed by atoms with E-state index in [9.17, 15) is 0 Å². The summed E-state index contributed by atoms with van der Waals surface area (Å²) in [6.07, 6.45) is 25.0. The van der Waals surface area contributed by atoms with Crippen molar-refractivity contribution in [1.82, 2.24) is 0 Å². The molecule has 0 amide bonds. The van der Waals surface area contributed by atoms with E-state index in [1.807, 2.05) is 30.4 Å². The molecule has 0 saturated carbocycles. The number of rotatable bonds is 0. The van der Waals surface area contributed by atoms with E-state index in [0.717, 1.165) is 19.3 Å². The molecule has 0 bridgehead atoms. The number of allylic oxidation sites excluding steroid dienone is 10. The maximum atomic E-state index is 3.17. The second kappa shape index (κ2) is 7.35. The highest BCUT2D eigenvalue weighted by Crippen LogP contribution is 1.96. The fraction of sp³-hybridized carbons (Fsp3) is 0.231. The lowest BCUT2D eigenvalue weighted by Gasteiger charge is -1.84. The number of hydrogen-bond donors (Lipinski definition) is 0. The van der Waals surface area contributed by atoms with Crippen LogP contribution in [0.5, 0.6) is 0 Å². The van der Waals surface area contributed by atoms with Crippen molar-refractivity contribution >= 4 is 0 Å². The van der Waals surface area contributed by atoms with Gasteiger partial charge >= 0.3 is 0 Å². The van der Waals surface area contributed by atoms with Crippen molar-refractivity contribution in [2.24, 2.45) is 0 Å². The van der Waals surface area contributed by atoms with Gasteiger partial charge in [0.05, 0.1) is 0 Å². The third-order valence-corrected chi connectivity index (χ3v) is 1.70. The molecule has 1 rings (SSSR count). The van der Waals surface area contributed by atoms with Gasteiger partial charge in [-0.05, 0) is 25.3 Å². The molecule has 0 unspecified atom stereocenters. The Hall–Kier alpha value is -1.30. The van der Waals surface area contributed by atoms with Gasteiger partial charge in [0.2, 0.25) is 0 Å². The van der Waals surface area contributed by atoms with Crippen molar-refractivity contribution in [3.05, 3.63) is 60.8 Å². The lowest BCUT2D eigenvalue weighted by molar-refractivity contribution is 1.04. The van der Waals surface area contributed by atoms with Crippen LogP contribution in [0.3, 0.4) is 0 Å². The topological polar surface area (TPSA) is 0 Å². The highest BCUT2D eigenvalue weighted by molar-refractivity contribution is 5.15. The zero-order chi connectivity index (χ0) is 9.19. The summed E-state index contributed by atoms with van der Waals surface area (Å²) >= 11 is 0. The molecule has 1 aliphatic carbocycles. The monoisotopic (exact) mass is 171 g/mol. The predicted octanol–water partition coefficient (Wildman–Crippen LogP) is 3.75. The standard InChI is InChI=1S/C13H15/c1-2-4-6-8-10-12-13-11-9-7-5-3-1/h1-7,12-13H,8,10-11H2. The molecule has 0 aromatic rings. The minimum Gasteiger partial charge on any atom is -0.0879 e. The van der Waals surface area contributed by atoms with Gasteiger partial charge in [0.15, 0.2) is 0 Å². The average Bonchev–Trinajstić information content (AvgIpc) is 2.18. The Morgan fingerprint density at radius 2 is 1.46 bits per heavy atom. The van der Waals surface area contributed by atoms with Gasteiger partial charge in [0.25, 0.3) is 0 Å². The van der Waals surface area contributed by atoms with Gasteiger partial charge in [-0.15, -0.1) is 0 Å². The predicted molar refractivity (Wildman–Crippen MR) is 58.2 cm³/mol. The van der Waals surface area contributed by atoms with E-state index in [4.69, 9.17) is 0 Å². The molecular formula is C13H15. The van der Waals surface area contributed by atoms with E-state index < -0.39 is 0 Å². The molecule has 0 spiro atoms. The molecule has 67 valence electrons. The van der Waals surface area contributed by atoms with Crippen LogP contribution < -0.4 is 0 Å². The number of hydrogen-bond acceptors (Lipinski definition) is 0. The molecule has 1 radical (unpaired) electrons. The van der Waals surface area contributed by atoms with Crippen molar-refractivity contribution < 1.29 is 0 Å². The molecular weight excluding hydrogens is 156 g/mol. The van der Waals surface area contributed by atoms with Crippen molar-refractivity contribution in [1.29, 1.82) is 0 Å². The lowest BCUT2D eigenvalue weighted by atomic mass is 10.2. The van der Waals surface area contributed by atoms with Crippen LogP contribution in [0.1, 0.15) is 19.3 Å². The minimum absolute atomic E-state index is 0.914. The Morgan fingerprint density at radius 1 is 0.692 bits per heavy atom. The molecule has 0 heteroatoms. The Balaban J connectivity index is 2.50. The van der Waals surface area contributed by atoms with Gasteiger partial charge in [-0.2, -0.15) is 0 Å². The van der Waals surface area contributed by atoms with Gasteiger partial charge in [-0.3, -0.25) is 0 Å². The molecule has 0 aromatic carbocycles. The summed E-state index contributed by atoms with van der Waals surface area (Å²) in [6, 6.07) is 0. The molecule has 0 nitrogen and oxygen atoms in total. The van der Waals surface area contributed by atoms with Gasteiger partial charge in [-0.25, -0.2) is 0 Å². The largest absolute Gasteiger partial charge is 0.0879 e. The van der Waals surface area contributed by atoms with E-state index in [-0.39, 0.29) is 0 Å². The second-order valence-corrected chi connectivity index (χ2v) is 2.82. The van der Waals surface area contributed by atoms with Crippen LogP contribution in [-0.2, 0) is 0 Å². The van der Waals surface area contributed by atoms with E-state index in [1.165, 1.54) is 0 Å². The first-order valence-electron chi connectivity index (χ1n) is 4.70. The minimum atomic E-state index is 0.914. The summed E-state index contributed by atoms with van der Waals surface area (Å²) in [5.74, 6) is 0. The zero-order valence-corrected chi connectivity index (χ0v) is 7.82. The first kappa shape index (κ1) is 9.79. The summed E-state index contributed by atoms with van der Waals surface area (Å²) in [7, 11) is 0. The molecule has 0 aliphatic heterocycles. The summed E-state index contributed by atoms with van der Waals surface area (Å²) in [5.41, 5.74) is 0. The fourth-order valence-corrected chi connectivity index (χ4v) is 1.02. The van der Waals surface area contributed by atoms with Crippen molar-refractivity contribution in [3.8, 4) is 0 Å². The van der Waals surface area contributed by atoms with Crippen molar-refractivity contribution in [2.45, 2.75) is 19.3 Å². The van der Waals surface area contributed by atoms with E-state index in [1.54, 1.807) is 0 Å². The molecule has 1 aliphatic rings. The lowest BCUT2D eigenvalue weighted by Crippen LogP contribution is -1.64. The van der Waals surface area contributed by atoms with E-state index in [2.05, 4.69) is 30.4 Å². The SMILES string of the molecule is [C]1=CC=CC=CC=CCCC=CC1. The Bertz CT molecular complexity index is 249. The van der Waals surface area contributed by atoms with Crippen LogP contribution in [0.25, 0.3) is 0 Å². The fourth-order valence-electron chi connectivity index (χ4n) is 1.02. The maximum Gasteiger partial charge on any atom is -0.00946 e. The van der Waals surface area contributed by atoms with Crippen molar-refractivity contribution in [2.75, 3.05) is 0 Å². The molecule has 13 heavy (non-hydrogen) atoms. The Morgan fingerprint density at radius 3 is 2.46 bits per heavy atom. The quantitative estimate of drug-likeness (QED) is 0.487. The van der Waals surface area contributed by atoms with Crippen LogP contribution in [-0.4, -0.2) is 0 Å². The normalized spacial score (nSPS) is 17.8. The van der Waals surface area contributed by atoms with Crippen LogP contribution in [0, 0.1) is 6.08 Å².